The molecular weight excluding hydrogens is 909 g/mol. The predicted molar refractivity (Wildman–Crippen MR) is 245 cm³/mol. The van der Waals surface area contributed by atoms with Crippen LogP contribution in [0.25, 0.3) is 77.8 Å². The molecule has 0 fully saturated rings. The molecule has 9 aromatic rings. The maximum absolute atomic E-state index is 8.51. The maximum Gasteiger partial charge on any atom is 0.120 e. The number of benzene rings is 6. The fraction of sp³-hybridized carbons (Fsp3) is 0.179. The average Bonchev–Trinajstić information content (AvgIpc) is 3.80. The van der Waals surface area contributed by atoms with Gasteiger partial charge in [-0.1, -0.05) is 161 Å². The van der Waals surface area contributed by atoms with E-state index in [1.54, 1.807) is 18.3 Å². The van der Waals surface area contributed by atoms with E-state index in [4.69, 9.17) is 15.4 Å². The second-order valence-electron chi connectivity index (χ2n) is 16.6. The van der Waals surface area contributed by atoms with Gasteiger partial charge in [0.2, 0.25) is 0 Å². The smallest absolute Gasteiger partial charge is 0.120 e. The molecule has 3 aromatic heterocycles. The Labute approximate surface area is 379 Å². The molecule has 0 bridgehead atoms. The minimum Gasteiger partial charge on any atom is -0.501 e. The molecule has 1 aliphatic rings. The minimum atomic E-state index is -2.32. The molecule has 3 nitrogen and oxygen atoms in total. The van der Waals surface area contributed by atoms with Crippen molar-refractivity contribution in [3.8, 4) is 55.9 Å². The van der Waals surface area contributed by atoms with Gasteiger partial charge in [0.25, 0.3) is 0 Å². The van der Waals surface area contributed by atoms with Gasteiger partial charge in [0.15, 0.2) is 0 Å². The van der Waals surface area contributed by atoms with Crippen LogP contribution in [0, 0.1) is 31.3 Å². The Bertz CT molecular complexity index is 3310. The van der Waals surface area contributed by atoms with Crippen LogP contribution in [0.4, 0.5) is 0 Å². The second-order valence-corrected chi connectivity index (χ2v) is 16.6. The van der Waals surface area contributed by atoms with Crippen molar-refractivity contribution >= 4 is 21.9 Å². The quantitative estimate of drug-likeness (QED) is 0.161. The summed E-state index contributed by atoms with van der Waals surface area (Å²) in [5, 5.41) is 2.13. The predicted octanol–water partition coefficient (Wildman–Crippen LogP) is 14.8. The Morgan fingerprint density at radius 3 is 2.25 bits per heavy atom. The molecule has 10 rings (SSSR count). The van der Waals surface area contributed by atoms with Crippen LogP contribution in [0.3, 0.4) is 0 Å². The van der Waals surface area contributed by atoms with Gasteiger partial charge < -0.3 is 14.4 Å². The summed E-state index contributed by atoms with van der Waals surface area (Å²) in [5.74, 6) is 0. The molecule has 0 saturated heterocycles. The fourth-order valence-electron chi connectivity index (χ4n) is 8.11. The van der Waals surface area contributed by atoms with Crippen LogP contribution in [0.15, 0.2) is 156 Å². The molecule has 6 aromatic carbocycles. The van der Waals surface area contributed by atoms with E-state index in [1.807, 2.05) is 106 Å². The van der Waals surface area contributed by atoms with Crippen molar-refractivity contribution < 1.29 is 35.5 Å². The Morgan fingerprint density at radius 2 is 1.47 bits per heavy atom. The number of rotatable bonds is 5. The Kier molecular flexibility index (Phi) is 8.65. The summed E-state index contributed by atoms with van der Waals surface area (Å²) in [6.45, 7) is 5.59. The van der Waals surface area contributed by atoms with Gasteiger partial charge in [0.05, 0.1) is 5.58 Å². The molecular formula is C56H48IrN2O-2. The first kappa shape index (κ1) is 31.9. The molecule has 0 spiro atoms. The summed E-state index contributed by atoms with van der Waals surface area (Å²) in [7, 11) is 0. The number of pyridine rings is 2. The Hall–Kier alpha value is -5.93. The van der Waals surface area contributed by atoms with Crippen LogP contribution < -0.4 is 0 Å². The standard InChI is InChI=1S/C28H24NO.C28H24N.Ir/c1-28(2,3)18-19-11-13-20(14-12-19)21-15-16-29-25(17-21)24-9-6-8-23-22-7-4-5-10-26(22)30-27(23)24;1-18-9-14-27(29-17-18)21-11-10-19(2)24(15-21)20-12-13-23-22-7-5-6-8-25(22)28(3,4)26(23)16-20;/h4-8,10-17H,18H2,1-3H3;5-10,12-17H,1-4H3;/q2*-1;/i18D2;1D3,2D3;. The van der Waals surface area contributed by atoms with Crippen molar-refractivity contribution in [3.05, 3.63) is 192 Å². The number of aromatic nitrogens is 2. The average molecular weight is 965 g/mol. The first-order valence-corrected chi connectivity index (χ1v) is 19.8. The van der Waals surface area contributed by atoms with E-state index in [9.17, 15) is 0 Å². The summed E-state index contributed by atoms with van der Waals surface area (Å²) in [6.07, 6.45) is 1.71. The van der Waals surface area contributed by atoms with Crippen molar-refractivity contribution in [3.63, 3.8) is 0 Å². The van der Waals surface area contributed by atoms with Gasteiger partial charge in [-0.05, 0) is 92.2 Å². The first-order valence-electron chi connectivity index (χ1n) is 23.8. The number of aryl methyl sites for hydroxylation is 2. The van der Waals surface area contributed by atoms with E-state index in [2.05, 4.69) is 66.3 Å². The van der Waals surface area contributed by atoms with Gasteiger partial charge in [-0.15, -0.1) is 47.5 Å². The van der Waals surface area contributed by atoms with Crippen molar-refractivity contribution in [2.24, 2.45) is 5.41 Å². The van der Waals surface area contributed by atoms with Gasteiger partial charge in [0.1, 0.15) is 5.58 Å². The van der Waals surface area contributed by atoms with Crippen molar-refractivity contribution in [1.29, 1.82) is 0 Å². The van der Waals surface area contributed by atoms with E-state index < -0.39 is 25.5 Å². The molecule has 0 saturated carbocycles. The van der Waals surface area contributed by atoms with E-state index >= 15 is 0 Å². The van der Waals surface area contributed by atoms with E-state index in [-0.39, 0.29) is 36.6 Å². The topological polar surface area (TPSA) is 38.9 Å². The Morgan fingerprint density at radius 1 is 0.683 bits per heavy atom. The monoisotopic (exact) mass is 965 g/mol. The first-order chi connectivity index (χ1) is 31.6. The van der Waals surface area contributed by atoms with Gasteiger partial charge in [-0.25, -0.2) is 0 Å². The van der Waals surface area contributed by atoms with E-state index in [0.717, 1.165) is 61.0 Å². The normalized spacial score (nSPS) is 15.3. The molecule has 3 heterocycles. The number of furan rings is 1. The zero-order chi connectivity index (χ0) is 47.7. The van der Waals surface area contributed by atoms with E-state index in [0.29, 0.717) is 22.4 Å². The number of hydrogen-bond acceptors (Lipinski definition) is 3. The molecule has 1 aliphatic carbocycles. The zero-order valence-electron chi connectivity index (χ0n) is 42.1. The van der Waals surface area contributed by atoms with Gasteiger partial charge >= 0.3 is 0 Å². The summed E-state index contributed by atoms with van der Waals surface area (Å²) in [4.78, 5) is 8.91. The van der Waals surface area contributed by atoms with Crippen molar-refractivity contribution in [2.45, 2.75) is 60.1 Å². The van der Waals surface area contributed by atoms with Crippen LogP contribution in [0.2, 0.25) is 0 Å². The number of nitrogens with zero attached hydrogens (tertiary/aromatic N) is 2. The summed E-state index contributed by atoms with van der Waals surface area (Å²) < 4.78 is 70.2. The van der Waals surface area contributed by atoms with Crippen molar-refractivity contribution in [2.75, 3.05) is 0 Å². The van der Waals surface area contributed by atoms with E-state index in [1.165, 1.54) is 29.5 Å². The third-order valence-electron chi connectivity index (χ3n) is 11.0. The summed E-state index contributed by atoms with van der Waals surface area (Å²) >= 11 is 0. The van der Waals surface area contributed by atoms with Crippen LogP contribution in [-0.4, -0.2) is 9.97 Å². The van der Waals surface area contributed by atoms with Crippen LogP contribution >= 0.6 is 0 Å². The maximum atomic E-state index is 8.51. The van der Waals surface area contributed by atoms with Crippen LogP contribution in [-0.2, 0) is 31.9 Å². The van der Waals surface area contributed by atoms with Gasteiger partial charge in [0, 0.05) is 54.3 Å². The molecule has 299 valence electrons. The Balaban J connectivity index is 0.000000182. The third-order valence-corrected chi connectivity index (χ3v) is 11.0. The molecule has 60 heavy (non-hydrogen) atoms. The molecule has 4 heteroatoms. The van der Waals surface area contributed by atoms with Crippen molar-refractivity contribution in [1.82, 2.24) is 9.97 Å². The number of para-hydroxylation sites is 1. The number of fused-ring (bicyclic) bond motifs is 6. The van der Waals surface area contributed by atoms with Crippen LogP contribution in [0.5, 0.6) is 0 Å². The van der Waals surface area contributed by atoms with Crippen LogP contribution in [0.1, 0.15) is 73.4 Å². The third kappa shape index (κ3) is 7.90. The minimum absolute atomic E-state index is 0. The summed E-state index contributed by atoms with van der Waals surface area (Å²) in [6, 6.07) is 51.0. The fourth-order valence-corrected chi connectivity index (χ4v) is 8.11. The molecule has 0 amide bonds. The molecule has 0 N–H and O–H groups in total. The zero-order valence-corrected chi connectivity index (χ0v) is 36.5. The molecule has 0 aliphatic heterocycles. The molecule has 0 atom stereocenters. The number of hydrogen-bond donors (Lipinski definition) is 0. The van der Waals surface area contributed by atoms with Gasteiger partial charge in [-0.2, -0.15) is 0 Å². The SMILES string of the molecule is [2H]C([2H])([2H])c1ccc(-c2[c-]cc(C([2H])([2H])[2H])c(-c3ccc4c(c3)C(C)(C)c3ccccc3-4)c2)nc1.[2H]C([2H])(c1ccc(-c2ccnc(-c3[c-]ccc4c3oc3ccccc34)c2)cc1)C(C)(C)C.[Ir]. The largest absolute Gasteiger partial charge is 0.501 e. The second kappa shape index (κ2) is 16.3. The van der Waals surface area contributed by atoms with Gasteiger partial charge in [-0.3, -0.25) is 0 Å². The molecule has 0 unspecified atom stereocenters. The summed E-state index contributed by atoms with van der Waals surface area (Å²) in [5.41, 5.74) is 13.0. The molecule has 1 radical (unpaired) electrons.